The van der Waals surface area contributed by atoms with Gasteiger partial charge in [-0.2, -0.15) is 0 Å². The van der Waals surface area contributed by atoms with Gasteiger partial charge >= 0.3 is 0 Å². The minimum Gasteiger partial charge on any atom is -0.490 e. The van der Waals surface area contributed by atoms with E-state index in [1.807, 2.05) is 13.8 Å². The van der Waals surface area contributed by atoms with Gasteiger partial charge < -0.3 is 19.5 Å². The molecule has 2 heterocycles. The lowest BCUT2D eigenvalue weighted by atomic mass is 9.92. The van der Waals surface area contributed by atoms with Gasteiger partial charge in [0.25, 0.3) is 5.91 Å². The number of benzene rings is 1. The van der Waals surface area contributed by atoms with Gasteiger partial charge in [-0.1, -0.05) is 19.0 Å². The van der Waals surface area contributed by atoms with Crippen LogP contribution >= 0.6 is 0 Å². The van der Waals surface area contributed by atoms with Crippen molar-refractivity contribution in [3.8, 4) is 5.75 Å². The fourth-order valence-corrected chi connectivity index (χ4v) is 3.48. The monoisotopic (exact) mass is 411 g/mol. The van der Waals surface area contributed by atoms with E-state index < -0.39 is 5.41 Å². The molecule has 0 bridgehead atoms. The minimum atomic E-state index is -0.626. The fraction of sp³-hybridized carbons (Fsp3) is 0.522. The minimum absolute atomic E-state index is 0.0240. The molecule has 7 heteroatoms. The Kier molecular flexibility index (Phi) is 5.30. The summed E-state index contributed by atoms with van der Waals surface area (Å²) < 4.78 is 11.2. The number of hydrogen-bond acceptors (Lipinski definition) is 5. The first-order chi connectivity index (χ1) is 14.2. The molecule has 1 fully saturated rings. The molecule has 0 saturated heterocycles. The molecule has 1 saturated carbocycles. The molecule has 1 aromatic heterocycles. The molecule has 0 spiro atoms. The summed E-state index contributed by atoms with van der Waals surface area (Å²) in [4.78, 5) is 27.6. The molecule has 1 N–H and O–H groups in total. The average molecular weight is 412 g/mol. The molecule has 2 amide bonds. The number of rotatable bonds is 6. The van der Waals surface area contributed by atoms with Crippen LogP contribution in [0.1, 0.15) is 69.1 Å². The summed E-state index contributed by atoms with van der Waals surface area (Å²) in [7, 11) is 0. The number of fused-ring (bicyclic) bond motifs is 1. The molecule has 1 aliphatic heterocycles. The van der Waals surface area contributed by atoms with Crippen molar-refractivity contribution in [3.63, 3.8) is 0 Å². The predicted octanol–water partition coefficient (Wildman–Crippen LogP) is 4.60. The number of amides is 2. The third-order valence-corrected chi connectivity index (χ3v) is 5.59. The fourth-order valence-electron chi connectivity index (χ4n) is 3.48. The van der Waals surface area contributed by atoms with Gasteiger partial charge in [0, 0.05) is 24.2 Å². The number of nitrogens with zero attached hydrogens (tertiary/aromatic N) is 2. The van der Waals surface area contributed by atoms with Gasteiger partial charge in [0.1, 0.15) is 18.1 Å². The van der Waals surface area contributed by atoms with Crippen molar-refractivity contribution in [2.75, 3.05) is 23.4 Å². The highest BCUT2D eigenvalue weighted by atomic mass is 16.5. The Morgan fingerprint density at radius 2 is 2.07 bits per heavy atom. The quantitative estimate of drug-likeness (QED) is 0.751. The lowest BCUT2D eigenvalue weighted by Crippen LogP contribution is -2.42. The topological polar surface area (TPSA) is 84.7 Å². The third-order valence-electron chi connectivity index (χ3n) is 5.59. The first kappa shape index (κ1) is 20.4. The third kappa shape index (κ3) is 4.20. The molecule has 1 aliphatic carbocycles. The smallest absolute Gasteiger partial charge is 0.277 e. The summed E-state index contributed by atoms with van der Waals surface area (Å²) in [6, 6.07) is 7.09. The van der Waals surface area contributed by atoms with E-state index in [4.69, 9.17) is 9.26 Å². The van der Waals surface area contributed by atoms with E-state index in [1.165, 1.54) is 0 Å². The molecule has 2 aromatic rings. The Morgan fingerprint density at radius 1 is 1.30 bits per heavy atom. The summed E-state index contributed by atoms with van der Waals surface area (Å²) in [6.07, 6.45) is 3.04. The van der Waals surface area contributed by atoms with E-state index in [2.05, 4.69) is 24.3 Å². The number of ether oxygens (including phenoxy) is 1. The van der Waals surface area contributed by atoms with Crippen LogP contribution in [0, 0.1) is 11.3 Å². The van der Waals surface area contributed by atoms with Crippen molar-refractivity contribution >= 4 is 23.2 Å². The molecular weight excluding hydrogens is 382 g/mol. The molecular formula is C23H29N3O4. The van der Waals surface area contributed by atoms with Crippen LogP contribution in [-0.4, -0.2) is 30.1 Å². The number of anilines is 2. The molecule has 1 aromatic carbocycles. The number of hydrogen-bond donors (Lipinski definition) is 1. The van der Waals surface area contributed by atoms with Crippen LogP contribution in [-0.2, 0) is 4.79 Å². The molecule has 30 heavy (non-hydrogen) atoms. The summed E-state index contributed by atoms with van der Waals surface area (Å²) in [5.74, 6) is 1.96. The van der Waals surface area contributed by atoms with Crippen LogP contribution < -0.4 is 15.0 Å². The van der Waals surface area contributed by atoms with Gasteiger partial charge in [-0.05, 0) is 57.2 Å². The van der Waals surface area contributed by atoms with E-state index in [1.54, 1.807) is 29.2 Å². The van der Waals surface area contributed by atoms with Gasteiger partial charge in [0.15, 0.2) is 5.69 Å². The average Bonchev–Trinajstić information content (AvgIpc) is 3.44. The number of nitrogens with one attached hydrogen (secondary N) is 1. The molecule has 0 unspecified atom stereocenters. The second-order valence-corrected chi connectivity index (χ2v) is 9.34. The van der Waals surface area contributed by atoms with E-state index in [9.17, 15) is 9.59 Å². The lowest BCUT2D eigenvalue weighted by molar-refractivity contribution is -0.127. The first-order valence-electron chi connectivity index (χ1n) is 10.6. The first-order valence-corrected chi connectivity index (χ1v) is 10.6. The Bertz CT molecular complexity index is 959. The van der Waals surface area contributed by atoms with Crippen LogP contribution in [0.2, 0.25) is 0 Å². The van der Waals surface area contributed by atoms with Crippen LogP contribution in [0.3, 0.4) is 0 Å². The Labute approximate surface area is 176 Å². The highest BCUT2D eigenvalue weighted by Crippen LogP contribution is 2.41. The van der Waals surface area contributed by atoms with Crippen molar-refractivity contribution in [1.29, 1.82) is 0 Å². The highest BCUT2D eigenvalue weighted by molar-refractivity contribution is 6.04. The SMILES string of the molecule is CC(C)CCN1C(=O)C(C)(C)COc2ccc(NC(=O)c3cc(C4CC4)on3)cc21. The lowest BCUT2D eigenvalue weighted by Gasteiger charge is -2.28. The maximum absolute atomic E-state index is 13.2. The molecule has 0 atom stereocenters. The molecule has 7 nitrogen and oxygen atoms in total. The van der Waals surface area contributed by atoms with Crippen molar-refractivity contribution in [2.45, 2.75) is 52.9 Å². The zero-order chi connectivity index (χ0) is 21.5. The summed E-state index contributed by atoms with van der Waals surface area (Å²) in [5, 5.41) is 6.76. The molecule has 2 aliphatic rings. The van der Waals surface area contributed by atoms with E-state index in [0.717, 1.165) is 25.0 Å². The van der Waals surface area contributed by atoms with E-state index in [-0.39, 0.29) is 17.5 Å². The van der Waals surface area contributed by atoms with Gasteiger partial charge in [-0.25, -0.2) is 0 Å². The Morgan fingerprint density at radius 3 is 2.77 bits per heavy atom. The largest absolute Gasteiger partial charge is 0.490 e. The van der Waals surface area contributed by atoms with E-state index in [0.29, 0.717) is 42.1 Å². The standard InChI is InChI=1S/C23H29N3O4/c1-14(2)9-10-26-18-11-16(7-8-19(18)29-13-23(3,4)22(26)28)24-21(27)17-12-20(30-25-17)15-5-6-15/h7-8,11-12,14-15H,5-6,9-10,13H2,1-4H3,(H,24,27). The van der Waals surface area contributed by atoms with E-state index >= 15 is 0 Å². The summed E-state index contributed by atoms with van der Waals surface area (Å²) in [6.45, 7) is 8.97. The predicted molar refractivity (Wildman–Crippen MR) is 114 cm³/mol. The van der Waals surface area contributed by atoms with Crippen molar-refractivity contribution in [2.24, 2.45) is 11.3 Å². The van der Waals surface area contributed by atoms with Gasteiger partial charge in [0.2, 0.25) is 5.91 Å². The number of aromatic nitrogens is 1. The highest BCUT2D eigenvalue weighted by Gasteiger charge is 2.38. The Hall–Kier alpha value is -2.83. The van der Waals surface area contributed by atoms with Gasteiger partial charge in [0.05, 0.1) is 11.1 Å². The number of carbonyl (C=O) groups is 2. The maximum atomic E-state index is 13.2. The maximum Gasteiger partial charge on any atom is 0.277 e. The van der Waals surface area contributed by atoms with Crippen LogP contribution in [0.4, 0.5) is 11.4 Å². The second kappa shape index (κ2) is 7.78. The molecule has 4 rings (SSSR count). The summed E-state index contributed by atoms with van der Waals surface area (Å²) in [5.41, 5.74) is 0.902. The zero-order valence-corrected chi connectivity index (χ0v) is 18.0. The summed E-state index contributed by atoms with van der Waals surface area (Å²) >= 11 is 0. The van der Waals surface area contributed by atoms with Gasteiger partial charge in [-0.3, -0.25) is 9.59 Å². The zero-order valence-electron chi connectivity index (χ0n) is 18.0. The second-order valence-electron chi connectivity index (χ2n) is 9.34. The van der Waals surface area contributed by atoms with Crippen LogP contribution in [0.5, 0.6) is 5.75 Å². The Balaban J connectivity index is 1.58. The normalized spacial score (nSPS) is 18.0. The van der Waals surface area contributed by atoms with Crippen LogP contribution in [0.15, 0.2) is 28.8 Å². The van der Waals surface area contributed by atoms with Crippen molar-refractivity contribution < 1.29 is 18.8 Å². The molecule has 0 radical (unpaired) electrons. The van der Waals surface area contributed by atoms with Crippen LogP contribution in [0.25, 0.3) is 0 Å². The van der Waals surface area contributed by atoms with Crippen molar-refractivity contribution in [3.05, 3.63) is 35.7 Å². The number of carbonyl (C=O) groups excluding carboxylic acids is 2. The van der Waals surface area contributed by atoms with Crippen molar-refractivity contribution in [1.82, 2.24) is 5.16 Å². The van der Waals surface area contributed by atoms with Gasteiger partial charge in [-0.15, -0.1) is 0 Å². The molecule has 160 valence electrons.